The van der Waals surface area contributed by atoms with Crippen molar-refractivity contribution in [1.29, 1.82) is 0 Å². The number of imide groups is 1. The zero-order chi connectivity index (χ0) is 31.4. The van der Waals surface area contributed by atoms with E-state index in [4.69, 9.17) is 0 Å². The fourth-order valence-electron chi connectivity index (χ4n) is 4.84. The first-order valence-corrected chi connectivity index (χ1v) is 13.2. The third-order valence-corrected chi connectivity index (χ3v) is 7.07. The number of allylic oxidation sites excluding steroid dienone is 3. The minimum Gasteiger partial charge on any atom is -0.343 e. The van der Waals surface area contributed by atoms with Gasteiger partial charge in [-0.1, -0.05) is 26.5 Å². The molecule has 3 heterocycles. The summed E-state index contributed by atoms with van der Waals surface area (Å²) in [6.07, 6.45) is -1.98. The maximum atomic E-state index is 14.1. The molecule has 1 aromatic carbocycles. The molecule has 2 aliphatic heterocycles. The number of halogens is 4. The number of fused-ring (bicyclic) bond motifs is 1. The van der Waals surface area contributed by atoms with Gasteiger partial charge in [-0.15, -0.1) is 0 Å². The van der Waals surface area contributed by atoms with E-state index in [9.17, 15) is 36.7 Å². The molecule has 5 amide bonds. The average Bonchev–Trinajstić information content (AvgIpc) is 3.52. The van der Waals surface area contributed by atoms with Crippen molar-refractivity contribution in [2.45, 2.75) is 45.3 Å². The van der Waals surface area contributed by atoms with Gasteiger partial charge in [-0.05, 0) is 44.0 Å². The Labute approximate surface area is 239 Å². The summed E-state index contributed by atoms with van der Waals surface area (Å²) in [5.74, 6) is -3.43. The first-order chi connectivity index (χ1) is 19.8. The Morgan fingerprint density at radius 1 is 1.19 bits per heavy atom. The summed E-state index contributed by atoms with van der Waals surface area (Å²) in [6, 6.07) is 4.67. The first kappa shape index (κ1) is 32.0. The summed E-state index contributed by atoms with van der Waals surface area (Å²) < 4.78 is 52.7. The van der Waals surface area contributed by atoms with Crippen LogP contribution in [0.5, 0.6) is 0 Å². The van der Waals surface area contributed by atoms with E-state index < -0.39 is 59.0 Å². The predicted octanol–water partition coefficient (Wildman–Crippen LogP) is 4.38. The second-order valence-corrected chi connectivity index (χ2v) is 9.44. The Bertz CT molecular complexity index is 1450. The van der Waals surface area contributed by atoms with Gasteiger partial charge in [0.25, 0.3) is 11.8 Å². The highest BCUT2D eigenvalue weighted by molar-refractivity contribution is 6.17. The number of piperidine rings is 1. The number of aromatic nitrogens is 2. The van der Waals surface area contributed by atoms with Crippen LogP contribution in [0.15, 0.2) is 60.1 Å². The molecule has 1 aromatic heterocycles. The second kappa shape index (κ2) is 12.6. The number of likely N-dealkylation sites (N-methyl/N-ethyl adjacent to an activating group) is 1. The van der Waals surface area contributed by atoms with Crippen LogP contribution < -0.4 is 10.2 Å². The standard InChI is InChI=1S/C26H26F4N6O4.C2H6/c1-4-19(27)18(11-15(2)26(28,29)30)22(38)31-14-21(37)35-9-7-25(8-10-35)23(39)34(3)24(40)36(25)17-5-6-20-16(12-17)13-32-33-20;1-2/h4-6,11-13H,2,7-10,14H2,1,3H3,(H,31,38)(H,32,33);1-2H3/b18-11+,19-4+;. The lowest BCUT2D eigenvalue weighted by molar-refractivity contribution is -0.137. The van der Waals surface area contributed by atoms with Crippen molar-refractivity contribution in [3.8, 4) is 0 Å². The molecule has 2 N–H and O–H groups in total. The molecular weight excluding hydrogens is 560 g/mol. The molecule has 0 atom stereocenters. The van der Waals surface area contributed by atoms with E-state index in [-0.39, 0.29) is 32.0 Å². The number of anilines is 1. The van der Waals surface area contributed by atoms with E-state index in [1.807, 2.05) is 13.8 Å². The lowest BCUT2D eigenvalue weighted by atomic mass is 9.85. The number of hydrogen-bond acceptors (Lipinski definition) is 5. The zero-order valence-electron chi connectivity index (χ0n) is 23.6. The topological polar surface area (TPSA) is 119 Å². The third-order valence-electron chi connectivity index (χ3n) is 7.07. The molecule has 2 fully saturated rings. The Kier molecular flexibility index (Phi) is 9.59. The molecule has 10 nitrogen and oxygen atoms in total. The van der Waals surface area contributed by atoms with Crippen molar-refractivity contribution < 1.29 is 36.7 Å². The van der Waals surface area contributed by atoms with Crippen molar-refractivity contribution in [3.63, 3.8) is 0 Å². The van der Waals surface area contributed by atoms with Gasteiger partial charge < -0.3 is 10.2 Å². The fourth-order valence-corrected chi connectivity index (χ4v) is 4.84. The number of carbonyl (C=O) groups excluding carboxylic acids is 4. The predicted molar refractivity (Wildman–Crippen MR) is 148 cm³/mol. The van der Waals surface area contributed by atoms with Crippen molar-refractivity contribution in [2.24, 2.45) is 0 Å². The van der Waals surface area contributed by atoms with E-state index in [0.717, 1.165) is 21.9 Å². The summed E-state index contributed by atoms with van der Waals surface area (Å²) >= 11 is 0. The number of benzene rings is 1. The molecular formula is C28H32F4N6O4. The van der Waals surface area contributed by atoms with E-state index in [1.54, 1.807) is 24.4 Å². The van der Waals surface area contributed by atoms with Gasteiger partial charge in [0.1, 0.15) is 11.4 Å². The molecule has 0 radical (unpaired) electrons. The molecule has 0 saturated carbocycles. The average molecular weight is 593 g/mol. The van der Waals surface area contributed by atoms with Gasteiger partial charge in [0.15, 0.2) is 0 Å². The summed E-state index contributed by atoms with van der Waals surface area (Å²) in [7, 11) is 1.39. The first-order valence-electron chi connectivity index (χ1n) is 13.2. The largest absolute Gasteiger partial charge is 0.415 e. The number of hydrogen-bond donors (Lipinski definition) is 2. The molecule has 1 spiro atoms. The van der Waals surface area contributed by atoms with Gasteiger partial charge in [-0.2, -0.15) is 18.3 Å². The summed E-state index contributed by atoms with van der Waals surface area (Å²) in [6.45, 7) is 7.51. The van der Waals surface area contributed by atoms with Crippen LogP contribution >= 0.6 is 0 Å². The number of nitrogens with zero attached hydrogens (tertiary/aromatic N) is 4. The van der Waals surface area contributed by atoms with Gasteiger partial charge >= 0.3 is 12.2 Å². The van der Waals surface area contributed by atoms with Crippen LogP contribution in [0, 0.1) is 0 Å². The lowest BCUT2D eigenvalue weighted by Crippen LogP contribution is -2.58. The minimum absolute atomic E-state index is 0.0584. The van der Waals surface area contributed by atoms with Crippen molar-refractivity contribution in [2.75, 3.05) is 31.6 Å². The third kappa shape index (κ3) is 6.06. The second-order valence-electron chi connectivity index (χ2n) is 9.44. The molecule has 2 aliphatic rings. The number of alkyl halides is 3. The van der Waals surface area contributed by atoms with Gasteiger partial charge in [0.2, 0.25) is 5.91 Å². The van der Waals surface area contributed by atoms with E-state index in [0.29, 0.717) is 5.69 Å². The van der Waals surface area contributed by atoms with E-state index in [2.05, 4.69) is 22.1 Å². The molecule has 0 unspecified atom stereocenters. The Balaban J connectivity index is 0.00000237. The van der Waals surface area contributed by atoms with E-state index >= 15 is 0 Å². The van der Waals surface area contributed by atoms with Gasteiger partial charge in [0, 0.05) is 36.8 Å². The van der Waals surface area contributed by atoms with Crippen molar-refractivity contribution >= 4 is 40.3 Å². The number of H-pyrrole nitrogens is 1. The number of amides is 5. The summed E-state index contributed by atoms with van der Waals surface area (Å²) in [4.78, 5) is 55.5. The number of carbonyl (C=O) groups is 4. The minimum atomic E-state index is -4.87. The number of urea groups is 1. The maximum Gasteiger partial charge on any atom is 0.415 e. The van der Waals surface area contributed by atoms with Crippen LogP contribution in [-0.2, 0) is 14.4 Å². The SMILES string of the molecule is C=C(/C=C(C(=O)NCC(=O)N1CCC2(CC1)C(=O)N(C)C(=O)N2c1ccc2[nH]ncc2c1)\C(F)=C/C)C(F)(F)F.CC. The van der Waals surface area contributed by atoms with Gasteiger partial charge in [0.05, 0.1) is 23.8 Å². The van der Waals surface area contributed by atoms with Crippen LogP contribution in [0.2, 0.25) is 0 Å². The van der Waals surface area contributed by atoms with Gasteiger partial charge in [-0.3, -0.25) is 29.3 Å². The fraction of sp³-hybridized carbons (Fsp3) is 0.393. The Morgan fingerprint density at radius 3 is 2.43 bits per heavy atom. The smallest absolute Gasteiger partial charge is 0.343 e. The Hall–Kier alpha value is -4.49. The molecule has 42 heavy (non-hydrogen) atoms. The highest BCUT2D eigenvalue weighted by atomic mass is 19.4. The molecule has 2 aromatic rings. The number of nitrogens with one attached hydrogen (secondary N) is 2. The number of aromatic amines is 1. The molecule has 4 rings (SSSR count). The summed E-state index contributed by atoms with van der Waals surface area (Å²) in [5, 5.41) is 9.68. The molecule has 14 heteroatoms. The van der Waals surface area contributed by atoms with Crippen LogP contribution in [0.4, 0.5) is 28.0 Å². The normalized spacial score (nSPS) is 17.5. The monoisotopic (exact) mass is 592 g/mol. The molecule has 2 saturated heterocycles. The lowest BCUT2D eigenvalue weighted by Gasteiger charge is -2.42. The number of likely N-dealkylation sites (tertiary alicyclic amines) is 1. The quantitative estimate of drug-likeness (QED) is 0.223. The van der Waals surface area contributed by atoms with Gasteiger partial charge in [-0.25, -0.2) is 9.18 Å². The van der Waals surface area contributed by atoms with Crippen molar-refractivity contribution in [3.05, 3.63) is 60.1 Å². The van der Waals surface area contributed by atoms with Crippen LogP contribution in [0.25, 0.3) is 10.9 Å². The molecule has 0 aliphatic carbocycles. The van der Waals surface area contributed by atoms with Crippen molar-refractivity contribution in [1.82, 2.24) is 25.3 Å². The highest BCUT2D eigenvalue weighted by Crippen LogP contribution is 2.40. The number of rotatable bonds is 6. The van der Waals surface area contributed by atoms with E-state index in [1.165, 1.54) is 23.8 Å². The summed E-state index contributed by atoms with van der Waals surface area (Å²) in [5.41, 5.74) is -2.33. The zero-order valence-corrected chi connectivity index (χ0v) is 23.6. The van der Waals surface area contributed by atoms with Crippen LogP contribution in [-0.4, -0.2) is 82.1 Å². The highest BCUT2D eigenvalue weighted by Gasteiger charge is 2.57. The van der Waals surface area contributed by atoms with Crippen LogP contribution in [0.1, 0.15) is 33.6 Å². The molecule has 0 bridgehead atoms. The van der Waals surface area contributed by atoms with Crippen LogP contribution in [0.3, 0.4) is 0 Å². The maximum absolute atomic E-state index is 14.1. The molecule has 226 valence electrons. The Morgan fingerprint density at radius 2 is 1.83 bits per heavy atom.